The second-order valence-corrected chi connectivity index (χ2v) is 18.0. The lowest BCUT2D eigenvalue weighted by molar-refractivity contribution is 0.667. The lowest BCUT2D eigenvalue weighted by atomic mass is 9.79. The summed E-state index contributed by atoms with van der Waals surface area (Å²) in [6, 6.07) is 66.7. The molecule has 4 heterocycles. The molecule has 0 aliphatic heterocycles. The molecule has 65 heavy (non-hydrogen) atoms. The number of nitrogens with zero attached hydrogens (tertiary/aromatic N) is 5. The molecule has 0 spiro atoms. The van der Waals surface area contributed by atoms with Crippen molar-refractivity contribution in [3.05, 3.63) is 212 Å². The summed E-state index contributed by atoms with van der Waals surface area (Å²) in [5, 5.41) is 12.6. The Morgan fingerprint density at radius 2 is 1.11 bits per heavy atom. The van der Waals surface area contributed by atoms with Gasteiger partial charge in [0.25, 0.3) is 0 Å². The van der Waals surface area contributed by atoms with Crippen molar-refractivity contribution in [2.45, 2.75) is 19.3 Å². The third-order valence-electron chi connectivity index (χ3n) is 14.3. The van der Waals surface area contributed by atoms with Crippen molar-refractivity contribution in [3.63, 3.8) is 0 Å². The van der Waals surface area contributed by atoms with Gasteiger partial charge in [-0.3, -0.25) is 4.57 Å². The van der Waals surface area contributed by atoms with Gasteiger partial charge in [0.1, 0.15) is 12.0 Å². The molecule has 0 saturated heterocycles. The summed E-state index contributed by atoms with van der Waals surface area (Å²) >= 11 is 0. The number of hydrogen-bond acceptors (Lipinski definition) is 3. The van der Waals surface area contributed by atoms with Crippen LogP contribution >= 0.6 is 0 Å². The van der Waals surface area contributed by atoms with Crippen LogP contribution in [0.3, 0.4) is 0 Å². The third-order valence-corrected chi connectivity index (χ3v) is 14.3. The van der Waals surface area contributed by atoms with Gasteiger partial charge in [-0.1, -0.05) is 135 Å². The van der Waals surface area contributed by atoms with E-state index < -0.39 is 0 Å². The van der Waals surface area contributed by atoms with Gasteiger partial charge >= 0.3 is 0 Å². The van der Waals surface area contributed by atoms with Crippen LogP contribution in [0.15, 0.2) is 201 Å². The van der Waals surface area contributed by atoms with E-state index in [1.54, 1.807) is 12.5 Å². The number of para-hydroxylation sites is 2. The molecule has 0 radical (unpaired) electrons. The molecule has 9 aromatic carbocycles. The zero-order valence-electron chi connectivity index (χ0n) is 35.8. The Morgan fingerprint density at radius 1 is 0.431 bits per heavy atom. The van der Waals surface area contributed by atoms with Crippen molar-refractivity contribution in [2.75, 3.05) is 0 Å². The second-order valence-electron chi connectivity index (χ2n) is 18.0. The first-order chi connectivity index (χ1) is 32.0. The normalized spacial score (nSPS) is 13.2. The number of rotatable bonds is 4. The molecule has 304 valence electrons. The van der Waals surface area contributed by atoms with Crippen LogP contribution in [0.2, 0.25) is 0 Å². The molecule has 0 amide bonds. The molecule has 0 fully saturated rings. The van der Waals surface area contributed by atoms with E-state index >= 15 is 0 Å². The standard InChI is InChI=1S/C60H39N5/c1-60(2)50-26-24-46-43-19-7-6-17-41(43)42-18-8-9-21-45(42)55(46)56(50)47-25-28-54-57(58(47)60)49-32-36(23-27-53(49)64(54)40-16-12-13-37(31-40)51-29-30-61-35-63-51)38-33-48-44-20-10-11-22-52(44)65(59(48)62-34-38)39-14-4-3-5-15-39/h3-35H,1-2H3. The predicted octanol–water partition coefficient (Wildman–Crippen LogP) is 15.2. The fraction of sp³-hybridized carbons (Fsp3) is 0.0500. The summed E-state index contributed by atoms with van der Waals surface area (Å²) < 4.78 is 4.73. The van der Waals surface area contributed by atoms with E-state index in [4.69, 9.17) is 4.98 Å². The van der Waals surface area contributed by atoms with E-state index in [0.717, 1.165) is 55.8 Å². The first-order valence-corrected chi connectivity index (χ1v) is 22.3. The van der Waals surface area contributed by atoms with E-state index in [9.17, 15) is 0 Å². The van der Waals surface area contributed by atoms with Crippen LogP contribution in [0, 0.1) is 0 Å². The first kappa shape index (κ1) is 36.1. The van der Waals surface area contributed by atoms with Crippen molar-refractivity contribution in [3.8, 4) is 44.9 Å². The molecule has 0 bridgehead atoms. The Labute approximate surface area is 374 Å². The molecule has 5 heteroatoms. The fourth-order valence-corrected chi connectivity index (χ4v) is 11.5. The van der Waals surface area contributed by atoms with Gasteiger partial charge < -0.3 is 4.57 Å². The third kappa shape index (κ3) is 5.01. The van der Waals surface area contributed by atoms with E-state index in [1.165, 1.54) is 76.2 Å². The Morgan fingerprint density at radius 3 is 1.91 bits per heavy atom. The van der Waals surface area contributed by atoms with Crippen molar-refractivity contribution in [2.24, 2.45) is 0 Å². The highest BCUT2D eigenvalue weighted by Crippen LogP contribution is 2.57. The predicted molar refractivity (Wildman–Crippen MR) is 269 cm³/mol. The van der Waals surface area contributed by atoms with Gasteiger partial charge in [-0.05, 0) is 121 Å². The van der Waals surface area contributed by atoms with Crippen LogP contribution in [0.5, 0.6) is 0 Å². The van der Waals surface area contributed by atoms with Crippen LogP contribution in [-0.2, 0) is 5.41 Å². The zero-order chi connectivity index (χ0) is 43.0. The molecule has 14 rings (SSSR count). The Balaban J connectivity index is 1.07. The Hall–Kier alpha value is -8.41. The number of pyridine rings is 1. The van der Waals surface area contributed by atoms with Crippen LogP contribution in [0.4, 0.5) is 0 Å². The molecule has 0 saturated carbocycles. The van der Waals surface area contributed by atoms with E-state index in [-0.39, 0.29) is 5.41 Å². The minimum absolute atomic E-state index is 0.303. The van der Waals surface area contributed by atoms with E-state index in [2.05, 4.69) is 215 Å². The van der Waals surface area contributed by atoms with Crippen molar-refractivity contribution >= 4 is 76.1 Å². The van der Waals surface area contributed by atoms with Gasteiger partial charge in [0.15, 0.2) is 0 Å². The Kier molecular flexibility index (Phi) is 7.39. The average molecular weight is 830 g/mol. The molecular formula is C60H39N5. The summed E-state index contributed by atoms with van der Waals surface area (Å²) in [5.41, 5.74) is 15.8. The van der Waals surface area contributed by atoms with Gasteiger partial charge in [0.05, 0.1) is 22.2 Å². The quantitative estimate of drug-likeness (QED) is 0.166. The highest BCUT2D eigenvalue weighted by molar-refractivity contribution is 6.30. The smallest absolute Gasteiger partial charge is 0.145 e. The molecular weight excluding hydrogens is 791 g/mol. The SMILES string of the molecule is CC1(C)c2ccc3c4ccccc4c4ccccc4c3c2-c2ccc3c(c21)c1cc(-c2cnc4c(c2)c2ccccc2n4-c2ccccc2)ccc1n3-c1cccc(-c2ccncn2)c1. The van der Waals surface area contributed by atoms with Gasteiger partial charge in [-0.25, -0.2) is 15.0 Å². The minimum Gasteiger partial charge on any atom is -0.309 e. The molecule has 5 nitrogen and oxygen atoms in total. The summed E-state index contributed by atoms with van der Waals surface area (Å²) in [6.45, 7) is 4.85. The second kappa shape index (κ2) is 13.3. The molecule has 0 atom stereocenters. The summed E-state index contributed by atoms with van der Waals surface area (Å²) in [6.07, 6.45) is 5.48. The monoisotopic (exact) mass is 829 g/mol. The molecule has 1 aliphatic carbocycles. The Bertz CT molecular complexity index is 4100. The largest absolute Gasteiger partial charge is 0.309 e. The molecule has 1 aliphatic rings. The maximum Gasteiger partial charge on any atom is 0.145 e. The lowest BCUT2D eigenvalue weighted by Gasteiger charge is -2.23. The van der Waals surface area contributed by atoms with Gasteiger partial charge in [0.2, 0.25) is 0 Å². The molecule has 4 aromatic heterocycles. The topological polar surface area (TPSA) is 48.5 Å². The maximum atomic E-state index is 5.24. The summed E-state index contributed by atoms with van der Waals surface area (Å²) in [7, 11) is 0. The maximum absolute atomic E-state index is 5.24. The highest BCUT2D eigenvalue weighted by Gasteiger charge is 2.40. The van der Waals surface area contributed by atoms with E-state index in [0.29, 0.717) is 0 Å². The molecule has 13 aromatic rings. The van der Waals surface area contributed by atoms with Gasteiger partial charge in [-0.2, -0.15) is 0 Å². The molecule has 0 N–H and O–H groups in total. The summed E-state index contributed by atoms with van der Waals surface area (Å²) in [5.74, 6) is 0. The number of fused-ring (bicyclic) bond motifs is 17. The fourth-order valence-electron chi connectivity index (χ4n) is 11.5. The van der Waals surface area contributed by atoms with Crippen molar-refractivity contribution < 1.29 is 0 Å². The van der Waals surface area contributed by atoms with Crippen LogP contribution in [-0.4, -0.2) is 24.1 Å². The van der Waals surface area contributed by atoms with Crippen molar-refractivity contribution in [1.29, 1.82) is 0 Å². The average Bonchev–Trinajstić information content (AvgIpc) is 3.96. The zero-order valence-corrected chi connectivity index (χ0v) is 35.8. The van der Waals surface area contributed by atoms with Gasteiger partial charge in [-0.15, -0.1) is 0 Å². The van der Waals surface area contributed by atoms with Crippen LogP contribution < -0.4 is 0 Å². The first-order valence-electron chi connectivity index (χ1n) is 22.3. The number of aromatic nitrogens is 5. The lowest BCUT2D eigenvalue weighted by Crippen LogP contribution is -2.15. The number of hydrogen-bond donors (Lipinski definition) is 0. The highest BCUT2D eigenvalue weighted by atomic mass is 15.0. The summed E-state index contributed by atoms with van der Waals surface area (Å²) in [4.78, 5) is 14.1. The van der Waals surface area contributed by atoms with Crippen molar-refractivity contribution in [1.82, 2.24) is 24.1 Å². The van der Waals surface area contributed by atoms with Gasteiger partial charge in [0, 0.05) is 61.9 Å². The van der Waals surface area contributed by atoms with Crippen LogP contribution in [0.25, 0.3) is 121 Å². The van der Waals surface area contributed by atoms with E-state index in [1.807, 2.05) is 6.07 Å². The molecule has 0 unspecified atom stereocenters. The minimum atomic E-state index is -0.303. The number of benzene rings is 9. The van der Waals surface area contributed by atoms with Crippen LogP contribution in [0.1, 0.15) is 25.0 Å².